The quantitative estimate of drug-likeness (QED) is 0.377. The highest BCUT2D eigenvalue weighted by Crippen LogP contribution is 2.24. The van der Waals surface area contributed by atoms with E-state index in [0.717, 1.165) is 27.3 Å². The van der Waals surface area contributed by atoms with Crippen LogP contribution in [0.2, 0.25) is 5.02 Å². The van der Waals surface area contributed by atoms with Crippen molar-refractivity contribution in [2.45, 2.75) is 39.8 Å². The zero-order valence-electron chi connectivity index (χ0n) is 22.1. The third-order valence-corrected chi connectivity index (χ3v) is 7.60. The SMILES string of the molecule is CCNC(=O)[C@@H](Cc1ccccc1)N(Cc1ccccc1Cl)C(=O)CN(c1cc(C)cc(C)c1)S(C)(=O)=O. The predicted molar refractivity (Wildman–Crippen MR) is 153 cm³/mol. The van der Waals surface area contributed by atoms with Crippen LogP contribution in [0.25, 0.3) is 0 Å². The molecule has 9 heteroatoms. The van der Waals surface area contributed by atoms with E-state index in [1.54, 1.807) is 36.4 Å². The maximum absolute atomic E-state index is 14.0. The van der Waals surface area contributed by atoms with E-state index in [1.165, 1.54) is 4.90 Å². The summed E-state index contributed by atoms with van der Waals surface area (Å²) >= 11 is 6.44. The summed E-state index contributed by atoms with van der Waals surface area (Å²) in [5.74, 6) is -0.837. The molecule has 0 aliphatic rings. The molecule has 3 aromatic carbocycles. The molecular formula is C29H34ClN3O4S. The monoisotopic (exact) mass is 555 g/mol. The molecule has 0 saturated carbocycles. The number of carbonyl (C=O) groups excluding carboxylic acids is 2. The van der Waals surface area contributed by atoms with Crippen molar-refractivity contribution < 1.29 is 18.0 Å². The molecular weight excluding hydrogens is 522 g/mol. The number of hydrogen-bond donors (Lipinski definition) is 1. The Labute approximate surface area is 230 Å². The molecule has 1 N–H and O–H groups in total. The molecule has 3 aromatic rings. The number of sulfonamides is 1. The van der Waals surface area contributed by atoms with Crippen LogP contribution in [0, 0.1) is 13.8 Å². The molecule has 1 atom stereocenters. The average Bonchev–Trinajstić information content (AvgIpc) is 2.85. The largest absolute Gasteiger partial charge is 0.355 e. The maximum atomic E-state index is 14.0. The van der Waals surface area contributed by atoms with Crippen LogP contribution in [0.4, 0.5) is 5.69 Å². The lowest BCUT2D eigenvalue weighted by Crippen LogP contribution is -2.53. The van der Waals surface area contributed by atoms with Gasteiger partial charge < -0.3 is 10.2 Å². The second-order valence-corrected chi connectivity index (χ2v) is 11.6. The van der Waals surface area contributed by atoms with Gasteiger partial charge in [-0.25, -0.2) is 8.42 Å². The minimum Gasteiger partial charge on any atom is -0.355 e. The van der Waals surface area contributed by atoms with Crippen LogP contribution in [0.15, 0.2) is 72.8 Å². The van der Waals surface area contributed by atoms with Crippen LogP contribution in [0.1, 0.15) is 29.2 Å². The minimum atomic E-state index is -3.82. The summed E-state index contributed by atoms with van der Waals surface area (Å²) in [6.45, 7) is 5.51. The minimum absolute atomic E-state index is 0.0393. The van der Waals surface area contributed by atoms with Crippen molar-refractivity contribution in [2.75, 3.05) is 23.7 Å². The number of nitrogens with zero attached hydrogens (tertiary/aromatic N) is 2. The molecule has 0 bridgehead atoms. The van der Waals surface area contributed by atoms with E-state index in [2.05, 4.69) is 5.32 Å². The van der Waals surface area contributed by atoms with Gasteiger partial charge in [-0.1, -0.05) is 66.2 Å². The van der Waals surface area contributed by atoms with Gasteiger partial charge in [0.25, 0.3) is 0 Å². The van der Waals surface area contributed by atoms with Crippen LogP contribution in [0.3, 0.4) is 0 Å². The van der Waals surface area contributed by atoms with E-state index in [1.807, 2.05) is 57.2 Å². The van der Waals surface area contributed by atoms with Gasteiger partial charge in [-0.05, 0) is 61.2 Å². The van der Waals surface area contributed by atoms with Crippen LogP contribution in [0.5, 0.6) is 0 Å². The molecule has 3 rings (SSSR count). The number of likely N-dealkylation sites (N-methyl/N-ethyl adjacent to an activating group) is 1. The molecule has 0 fully saturated rings. The lowest BCUT2D eigenvalue weighted by atomic mass is 10.0. The van der Waals surface area contributed by atoms with Gasteiger partial charge in [-0.15, -0.1) is 0 Å². The van der Waals surface area contributed by atoms with Gasteiger partial charge in [-0.2, -0.15) is 0 Å². The zero-order chi connectivity index (χ0) is 27.9. The van der Waals surface area contributed by atoms with Crippen molar-refractivity contribution in [2.24, 2.45) is 0 Å². The first kappa shape index (κ1) is 29.2. The lowest BCUT2D eigenvalue weighted by Gasteiger charge is -2.33. The first-order valence-electron chi connectivity index (χ1n) is 12.4. The normalized spacial score (nSPS) is 12.0. The Hall–Kier alpha value is -3.36. The Bertz CT molecular complexity index is 1360. The fourth-order valence-corrected chi connectivity index (χ4v) is 5.39. The maximum Gasteiger partial charge on any atom is 0.244 e. The molecule has 0 unspecified atom stereocenters. The second kappa shape index (κ2) is 12.9. The standard InChI is InChI=1S/C29H34ClN3O4S/c1-5-31-29(35)27(18-23-11-7-6-8-12-23)32(19-24-13-9-10-14-26(24)30)28(34)20-33(38(4,36)37)25-16-21(2)15-22(3)17-25/h6-17,27H,5,18-20H2,1-4H3,(H,31,35)/t27-/m1/s1. The fourth-order valence-electron chi connectivity index (χ4n) is 4.36. The van der Waals surface area contributed by atoms with Crippen LogP contribution in [-0.2, 0) is 32.6 Å². The summed E-state index contributed by atoms with van der Waals surface area (Å²) in [6.07, 6.45) is 1.33. The van der Waals surface area contributed by atoms with Gasteiger partial charge in [0, 0.05) is 24.5 Å². The Balaban J connectivity index is 2.07. The average molecular weight is 556 g/mol. The van der Waals surface area contributed by atoms with Crippen LogP contribution in [-0.4, -0.2) is 50.5 Å². The first-order valence-corrected chi connectivity index (χ1v) is 14.6. The molecule has 0 aliphatic carbocycles. The molecule has 0 saturated heterocycles. The molecule has 0 aliphatic heterocycles. The predicted octanol–water partition coefficient (Wildman–Crippen LogP) is 4.50. The van der Waals surface area contributed by atoms with E-state index < -0.39 is 28.5 Å². The summed E-state index contributed by atoms with van der Waals surface area (Å²) in [7, 11) is -3.82. The number of rotatable bonds is 11. The summed E-state index contributed by atoms with van der Waals surface area (Å²) in [6, 6.07) is 21.0. The van der Waals surface area contributed by atoms with Crippen molar-refractivity contribution in [3.63, 3.8) is 0 Å². The van der Waals surface area contributed by atoms with Crippen molar-refractivity contribution in [3.05, 3.63) is 100 Å². The van der Waals surface area contributed by atoms with Gasteiger partial charge in [0.2, 0.25) is 21.8 Å². The molecule has 7 nitrogen and oxygen atoms in total. The van der Waals surface area contributed by atoms with E-state index >= 15 is 0 Å². The molecule has 0 heterocycles. The Morgan fingerprint density at radius 3 is 2.13 bits per heavy atom. The van der Waals surface area contributed by atoms with Crippen LogP contribution < -0.4 is 9.62 Å². The molecule has 38 heavy (non-hydrogen) atoms. The number of nitrogens with one attached hydrogen (secondary N) is 1. The van der Waals surface area contributed by atoms with Gasteiger partial charge in [-0.3, -0.25) is 13.9 Å². The van der Waals surface area contributed by atoms with Gasteiger partial charge in [0.15, 0.2) is 0 Å². The van der Waals surface area contributed by atoms with Crippen molar-refractivity contribution >= 4 is 39.1 Å². The summed E-state index contributed by atoms with van der Waals surface area (Å²) in [5, 5.41) is 3.29. The number of amides is 2. The Morgan fingerprint density at radius 2 is 1.55 bits per heavy atom. The smallest absolute Gasteiger partial charge is 0.244 e. The van der Waals surface area contributed by atoms with E-state index in [9.17, 15) is 18.0 Å². The molecule has 0 radical (unpaired) electrons. The highest BCUT2D eigenvalue weighted by molar-refractivity contribution is 7.92. The lowest BCUT2D eigenvalue weighted by molar-refractivity contribution is -0.140. The third kappa shape index (κ3) is 7.82. The number of halogens is 1. The number of carbonyl (C=O) groups is 2. The summed E-state index contributed by atoms with van der Waals surface area (Å²) < 4.78 is 26.8. The van der Waals surface area contributed by atoms with E-state index in [-0.39, 0.29) is 18.9 Å². The second-order valence-electron chi connectivity index (χ2n) is 9.33. The number of benzene rings is 3. The number of aryl methyl sites for hydroxylation is 2. The number of hydrogen-bond acceptors (Lipinski definition) is 4. The van der Waals surface area contributed by atoms with Crippen molar-refractivity contribution in [3.8, 4) is 0 Å². The van der Waals surface area contributed by atoms with Crippen molar-refractivity contribution in [1.29, 1.82) is 0 Å². The molecule has 0 aromatic heterocycles. The first-order chi connectivity index (χ1) is 18.0. The zero-order valence-corrected chi connectivity index (χ0v) is 23.7. The molecule has 0 spiro atoms. The van der Waals surface area contributed by atoms with E-state index in [0.29, 0.717) is 22.8 Å². The van der Waals surface area contributed by atoms with E-state index in [4.69, 9.17) is 11.6 Å². The highest BCUT2D eigenvalue weighted by atomic mass is 35.5. The summed E-state index contributed by atoms with van der Waals surface area (Å²) in [4.78, 5) is 28.8. The molecule has 202 valence electrons. The topological polar surface area (TPSA) is 86.8 Å². The van der Waals surface area contributed by atoms with Gasteiger partial charge >= 0.3 is 0 Å². The fraction of sp³-hybridized carbons (Fsp3) is 0.310. The summed E-state index contributed by atoms with van der Waals surface area (Å²) in [5.41, 5.74) is 3.67. The number of anilines is 1. The third-order valence-electron chi connectivity index (χ3n) is 6.09. The Morgan fingerprint density at radius 1 is 0.947 bits per heavy atom. The molecule has 2 amide bonds. The van der Waals surface area contributed by atoms with Crippen molar-refractivity contribution in [1.82, 2.24) is 10.2 Å². The van der Waals surface area contributed by atoms with Crippen LogP contribution >= 0.6 is 11.6 Å². The Kier molecular flexibility index (Phi) is 9.94. The highest BCUT2D eigenvalue weighted by Gasteiger charge is 2.33. The van der Waals surface area contributed by atoms with Gasteiger partial charge in [0.1, 0.15) is 12.6 Å². The van der Waals surface area contributed by atoms with Gasteiger partial charge in [0.05, 0.1) is 11.9 Å².